The van der Waals surface area contributed by atoms with Crippen molar-refractivity contribution in [3.05, 3.63) is 87.9 Å². The van der Waals surface area contributed by atoms with Gasteiger partial charge in [0.1, 0.15) is 13.0 Å². The molecule has 3 aliphatic rings. The number of aliphatic imine (C=N–C) groups is 2. The van der Waals surface area contributed by atoms with E-state index in [-0.39, 0.29) is 5.92 Å². The number of ether oxygens (including phenoxy) is 1. The molecule has 0 radical (unpaired) electrons. The largest absolute Gasteiger partial charge is 0.420 e. The summed E-state index contributed by atoms with van der Waals surface area (Å²) < 4.78 is 8.28. The first kappa shape index (κ1) is 19.3. The van der Waals surface area contributed by atoms with Gasteiger partial charge < -0.3 is 4.74 Å². The van der Waals surface area contributed by atoms with Crippen LogP contribution in [0.15, 0.2) is 76.0 Å². The van der Waals surface area contributed by atoms with Crippen molar-refractivity contribution >= 4 is 23.8 Å². The number of aryl methyl sites for hydroxylation is 1. The molecule has 7 nitrogen and oxygen atoms in total. The van der Waals surface area contributed by atoms with Crippen LogP contribution in [0.1, 0.15) is 29.7 Å². The fourth-order valence-electron chi connectivity index (χ4n) is 4.54. The SMILES string of the molecule is CCN1CN=C2C3=C(N=CN21)Oc1c(c(C)nn1-c1ccccc1)C3c1ccc(Cl)cc1. The molecule has 0 N–H and O–H groups in total. The van der Waals surface area contributed by atoms with Crippen molar-refractivity contribution in [2.45, 2.75) is 19.8 Å². The Morgan fingerprint density at radius 2 is 1.88 bits per heavy atom. The highest BCUT2D eigenvalue weighted by Crippen LogP contribution is 2.48. The van der Waals surface area contributed by atoms with Gasteiger partial charge in [-0.2, -0.15) is 10.1 Å². The van der Waals surface area contributed by atoms with Crippen LogP contribution in [0, 0.1) is 6.92 Å². The maximum Gasteiger partial charge on any atom is 0.230 e. The van der Waals surface area contributed by atoms with Crippen LogP contribution in [-0.4, -0.2) is 45.2 Å². The fourth-order valence-corrected chi connectivity index (χ4v) is 4.66. The Morgan fingerprint density at radius 3 is 2.62 bits per heavy atom. The molecule has 3 aromatic rings. The minimum absolute atomic E-state index is 0.126. The van der Waals surface area contributed by atoms with Crippen LogP contribution in [0.25, 0.3) is 5.69 Å². The van der Waals surface area contributed by atoms with Crippen LogP contribution in [0.4, 0.5) is 0 Å². The Balaban J connectivity index is 1.58. The molecule has 1 unspecified atom stereocenters. The van der Waals surface area contributed by atoms with Crippen LogP contribution in [0.2, 0.25) is 5.02 Å². The molecule has 0 spiro atoms. The number of benzene rings is 2. The van der Waals surface area contributed by atoms with Crippen molar-refractivity contribution in [2.24, 2.45) is 9.98 Å². The number of fused-ring (bicyclic) bond motifs is 3. The second-order valence-corrected chi connectivity index (χ2v) is 8.33. The van der Waals surface area contributed by atoms with Crippen molar-refractivity contribution in [3.8, 4) is 11.6 Å². The lowest BCUT2D eigenvalue weighted by Gasteiger charge is -2.34. The number of amidine groups is 1. The minimum atomic E-state index is -0.126. The maximum absolute atomic E-state index is 6.42. The van der Waals surface area contributed by atoms with Crippen molar-refractivity contribution in [2.75, 3.05) is 13.2 Å². The van der Waals surface area contributed by atoms with Crippen molar-refractivity contribution < 1.29 is 4.74 Å². The Morgan fingerprint density at radius 1 is 1.09 bits per heavy atom. The van der Waals surface area contributed by atoms with Crippen LogP contribution in [-0.2, 0) is 0 Å². The van der Waals surface area contributed by atoms with E-state index in [9.17, 15) is 0 Å². The number of para-hydroxylation sites is 1. The second-order valence-electron chi connectivity index (χ2n) is 7.89. The van der Waals surface area contributed by atoms with Gasteiger partial charge >= 0.3 is 0 Å². The molecule has 0 saturated heterocycles. The van der Waals surface area contributed by atoms with Crippen LogP contribution in [0.3, 0.4) is 0 Å². The first-order valence-corrected chi connectivity index (χ1v) is 11.0. The number of rotatable bonds is 3. The van der Waals surface area contributed by atoms with E-state index in [0.717, 1.165) is 40.5 Å². The van der Waals surface area contributed by atoms with Crippen molar-refractivity contribution in [1.29, 1.82) is 0 Å². The number of hydrogen-bond acceptors (Lipinski definition) is 6. The van der Waals surface area contributed by atoms with Gasteiger partial charge in [-0.25, -0.2) is 19.7 Å². The molecule has 0 aliphatic carbocycles. The number of halogens is 1. The first-order valence-electron chi connectivity index (χ1n) is 10.6. The average molecular weight is 445 g/mol. The van der Waals surface area contributed by atoms with Crippen LogP contribution in [0.5, 0.6) is 5.88 Å². The van der Waals surface area contributed by atoms with Crippen molar-refractivity contribution in [1.82, 2.24) is 19.8 Å². The Kier molecular flexibility index (Phi) is 4.41. The zero-order valence-electron chi connectivity index (χ0n) is 17.7. The lowest BCUT2D eigenvalue weighted by molar-refractivity contribution is 0.152. The van der Waals surface area contributed by atoms with Gasteiger partial charge in [0.25, 0.3) is 0 Å². The van der Waals surface area contributed by atoms with E-state index < -0.39 is 0 Å². The second kappa shape index (κ2) is 7.32. The minimum Gasteiger partial charge on any atom is -0.420 e. The molecule has 0 fully saturated rings. The molecule has 8 heteroatoms. The van der Waals surface area contributed by atoms with E-state index >= 15 is 0 Å². The van der Waals surface area contributed by atoms with Gasteiger partial charge in [0, 0.05) is 11.6 Å². The molecule has 0 saturated carbocycles. The quantitative estimate of drug-likeness (QED) is 0.596. The summed E-state index contributed by atoms with van der Waals surface area (Å²) in [5, 5.41) is 9.71. The third-order valence-electron chi connectivity index (χ3n) is 6.06. The summed E-state index contributed by atoms with van der Waals surface area (Å²) in [6, 6.07) is 18.0. The summed E-state index contributed by atoms with van der Waals surface area (Å²) >= 11 is 6.22. The van der Waals surface area contributed by atoms with E-state index in [0.29, 0.717) is 23.5 Å². The van der Waals surface area contributed by atoms with Gasteiger partial charge in [0.15, 0.2) is 5.84 Å². The van der Waals surface area contributed by atoms with Gasteiger partial charge in [-0.1, -0.05) is 48.9 Å². The van der Waals surface area contributed by atoms with Gasteiger partial charge in [-0.15, -0.1) is 0 Å². The Labute approximate surface area is 190 Å². The van der Waals surface area contributed by atoms with Gasteiger partial charge in [-0.05, 0) is 36.8 Å². The maximum atomic E-state index is 6.42. The molecule has 0 amide bonds. The lowest BCUT2D eigenvalue weighted by atomic mass is 9.82. The summed E-state index contributed by atoms with van der Waals surface area (Å²) in [6.07, 6.45) is 1.79. The summed E-state index contributed by atoms with van der Waals surface area (Å²) in [7, 11) is 0. The monoisotopic (exact) mass is 444 g/mol. The zero-order chi connectivity index (χ0) is 21.8. The normalized spacial score (nSPS) is 19.4. The molecule has 0 bridgehead atoms. The molecule has 2 aromatic carbocycles. The molecule has 3 aliphatic heterocycles. The van der Waals surface area contributed by atoms with E-state index in [2.05, 4.69) is 24.1 Å². The van der Waals surface area contributed by atoms with Gasteiger partial charge in [-0.3, -0.25) is 0 Å². The lowest BCUT2D eigenvalue weighted by Crippen LogP contribution is -2.44. The summed E-state index contributed by atoms with van der Waals surface area (Å²) in [5.74, 6) is 1.99. The molecular formula is C24H21ClN6O. The summed E-state index contributed by atoms with van der Waals surface area (Å²) in [5.41, 5.74) is 4.91. The van der Waals surface area contributed by atoms with E-state index in [1.165, 1.54) is 0 Å². The number of hydrazine groups is 1. The number of aromatic nitrogens is 2. The Hall–Kier alpha value is -3.42. The Bertz CT molecular complexity index is 1290. The molecule has 6 rings (SSSR count). The van der Waals surface area contributed by atoms with Gasteiger partial charge in [0.2, 0.25) is 11.8 Å². The predicted molar refractivity (Wildman–Crippen MR) is 124 cm³/mol. The molecule has 4 heterocycles. The van der Waals surface area contributed by atoms with Crippen LogP contribution >= 0.6 is 11.6 Å². The third kappa shape index (κ3) is 2.82. The first-order chi connectivity index (χ1) is 15.7. The van der Waals surface area contributed by atoms with E-state index in [1.807, 2.05) is 59.1 Å². The number of nitrogens with zero attached hydrogens (tertiary/aromatic N) is 6. The number of hydrogen-bond donors (Lipinski definition) is 0. The molecular weight excluding hydrogens is 424 g/mol. The standard InChI is InChI=1S/C24H21ClN6O/c1-3-29-13-26-22-21-20(16-9-11-17(25)12-10-16)19-15(2)28-31(18-7-5-4-6-8-18)24(19)32-23(21)27-14-30(22)29/h4-12,14,20H,3,13H2,1-2H3. The highest BCUT2D eigenvalue weighted by molar-refractivity contribution is 6.30. The van der Waals surface area contributed by atoms with E-state index in [4.69, 9.17) is 31.4 Å². The average Bonchev–Trinajstić information content (AvgIpc) is 3.39. The summed E-state index contributed by atoms with van der Waals surface area (Å²) in [4.78, 5) is 9.54. The molecule has 1 atom stereocenters. The topological polar surface area (TPSA) is 58.3 Å². The molecule has 32 heavy (non-hydrogen) atoms. The molecule has 160 valence electrons. The van der Waals surface area contributed by atoms with Crippen molar-refractivity contribution in [3.63, 3.8) is 0 Å². The summed E-state index contributed by atoms with van der Waals surface area (Å²) in [6.45, 7) is 5.56. The smallest absolute Gasteiger partial charge is 0.230 e. The van der Waals surface area contributed by atoms with E-state index in [1.54, 1.807) is 6.34 Å². The molecule has 1 aromatic heterocycles. The van der Waals surface area contributed by atoms with Crippen LogP contribution < -0.4 is 4.74 Å². The van der Waals surface area contributed by atoms with Gasteiger partial charge in [0.05, 0.1) is 28.4 Å². The fraction of sp³-hybridized carbons (Fsp3) is 0.208. The highest BCUT2D eigenvalue weighted by Gasteiger charge is 2.43. The highest BCUT2D eigenvalue weighted by atomic mass is 35.5. The third-order valence-corrected chi connectivity index (χ3v) is 6.32. The predicted octanol–water partition coefficient (Wildman–Crippen LogP) is 4.52. The zero-order valence-corrected chi connectivity index (χ0v) is 18.5.